The van der Waals surface area contributed by atoms with Gasteiger partial charge in [0.25, 0.3) is 0 Å². The van der Waals surface area contributed by atoms with E-state index in [2.05, 4.69) is 6.07 Å². The first-order valence-corrected chi connectivity index (χ1v) is 14.0. The average molecular weight is 608 g/mol. The van der Waals surface area contributed by atoms with Gasteiger partial charge in [-0.2, -0.15) is 18.4 Å². The number of hydrogen-bond acceptors (Lipinski definition) is 6. The predicted molar refractivity (Wildman–Crippen MR) is 158 cm³/mol. The van der Waals surface area contributed by atoms with Crippen molar-refractivity contribution >= 4 is 23.1 Å². The first-order valence-electron chi connectivity index (χ1n) is 13.6. The van der Waals surface area contributed by atoms with Crippen LogP contribution in [-0.4, -0.2) is 12.9 Å². The van der Waals surface area contributed by atoms with Crippen LogP contribution in [-0.2, 0) is 17.6 Å². The van der Waals surface area contributed by atoms with Crippen LogP contribution >= 0.6 is 11.6 Å². The lowest BCUT2D eigenvalue weighted by Gasteiger charge is -2.41. The third kappa shape index (κ3) is 5.67. The van der Waals surface area contributed by atoms with Crippen molar-refractivity contribution in [1.82, 2.24) is 0 Å². The average Bonchev–Trinajstić information content (AvgIpc) is 2.97. The van der Waals surface area contributed by atoms with Crippen molar-refractivity contribution in [3.8, 4) is 17.6 Å². The Kier molecular flexibility index (Phi) is 8.17. The number of nitriles is 1. The number of ketones is 1. The number of Topliss-reactive ketones (excluding diaryl/α,β-unsaturated/α-hetero) is 1. The number of alkyl halides is 3. The SMILES string of the molecule is COc1ccc(OCc2cc(C)cc(C3C(C#N)=C(N)N(c4ccc(Cl)cc4C(F)(F)F)C4=C3C(=O)CCC4)c2C)cc1. The van der Waals surface area contributed by atoms with Crippen molar-refractivity contribution in [2.24, 2.45) is 5.73 Å². The molecule has 1 aliphatic heterocycles. The van der Waals surface area contributed by atoms with Crippen molar-refractivity contribution in [1.29, 1.82) is 5.26 Å². The number of aryl methyl sites for hydroxylation is 1. The number of hydrogen-bond donors (Lipinski definition) is 1. The first kappa shape index (κ1) is 30.1. The van der Waals surface area contributed by atoms with Crippen LogP contribution in [0.2, 0.25) is 5.02 Å². The lowest BCUT2D eigenvalue weighted by Crippen LogP contribution is -2.39. The van der Waals surface area contributed by atoms with Crippen LogP contribution in [0, 0.1) is 25.2 Å². The molecule has 0 fully saturated rings. The van der Waals surface area contributed by atoms with Gasteiger partial charge in [0.15, 0.2) is 5.78 Å². The summed E-state index contributed by atoms with van der Waals surface area (Å²) < 4.78 is 53.8. The zero-order valence-corrected chi connectivity index (χ0v) is 24.6. The number of nitrogens with zero attached hydrogens (tertiary/aromatic N) is 2. The van der Waals surface area contributed by atoms with E-state index in [1.165, 1.54) is 17.0 Å². The predicted octanol–water partition coefficient (Wildman–Crippen LogP) is 7.87. The topological polar surface area (TPSA) is 88.6 Å². The molecular formula is C33H29ClF3N3O3. The van der Waals surface area contributed by atoms with Gasteiger partial charge in [0, 0.05) is 22.7 Å². The molecule has 0 spiro atoms. The van der Waals surface area contributed by atoms with E-state index < -0.39 is 17.7 Å². The Morgan fingerprint density at radius 1 is 1.07 bits per heavy atom. The maximum absolute atomic E-state index is 14.2. The molecule has 1 atom stereocenters. The summed E-state index contributed by atoms with van der Waals surface area (Å²) in [6, 6.07) is 16.6. The number of nitrogens with two attached hydrogens (primary N) is 1. The summed E-state index contributed by atoms with van der Waals surface area (Å²) in [5, 5.41) is 10.3. The molecule has 6 nitrogen and oxygen atoms in total. The van der Waals surface area contributed by atoms with Crippen molar-refractivity contribution < 1.29 is 27.4 Å². The summed E-state index contributed by atoms with van der Waals surface area (Å²) >= 11 is 5.95. The molecule has 1 heterocycles. The molecule has 3 aromatic carbocycles. The van der Waals surface area contributed by atoms with E-state index >= 15 is 0 Å². The minimum absolute atomic E-state index is 0.00722. The zero-order chi connectivity index (χ0) is 31.1. The van der Waals surface area contributed by atoms with Crippen molar-refractivity contribution in [3.05, 3.63) is 110 Å². The smallest absolute Gasteiger partial charge is 0.418 e. The van der Waals surface area contributed by atoms with E-state index in [9.17, 15) is 23.2 Å². The third-order valence-corrected chi connectivity index (χ3v) is 8.12. The highest BCUT2D eigenvalue weighted by atomic mass is 35.5. The minimum Gasteiger partial charge on any atom is -0.497 e. The Labute approximate surface area is 252 Å². The van der Waals surface area contributed by atoms with Crippen LogP contribution < -0.4 is 20.1 Å². The number of allylic oxidation sites excluding steroid dienone is 3. The second kappa shape index (κ2) is 11.7. The number of ether oxygens (including phenoxy) is 2. The van der Waals surface area contributed by atoms with E-state index in [0.717, 1.165) is 22.8 Å². The van der Waals surface area contributed by atoms with Crippen LogP contribution in [0.15, 0.2) is 77.3 Å². The van der Waals surface area contributed by atoms with Gasteiger partial charge in [0.1, 0.15) is 23.9 Å². The number of benzene rings is 3. The van der Waals surface area contributed by atoms with Crippen molar-refractivity contribution in [3.63, 3.8) is 0 Å². The molecule has 1 unspecified atom stereocenters. The lowest BCUT2D eigenvalue weighted by atomic mass is 9.73. The zero-order valence-electron chi connectivity index (χ0n) is 23.8. The molecule has 0 amide bonds. The molecule has 1 aliphatic carbocycles. The van der Waals surface area contributed by atoms with Crippen LogP contribution in [0.5, 0.6) is 11.5 Å². The molecule has 2 aliphatic rings. The van der Waals surface area contributed by atoms with Gasteiger partial charge >= 0.3 is 6.18 Å². The monoisotopic (exact) mass is 607 g/mol. The third-order valence-electron chi connectivity index (χ3n) is 7.88. The fraction of sp³-hybridized carbons (Fsp3) is 0.273. The second-order valence-corrected chi connectivity index (χ2v) is 11.0. The molecule has 222 valence electrons. The van der Waals surface area contributed by atoms with Gasteiger partial charge in [0.05, 0.1) is 35.9 Å². The van der Waals surface area contributed by atoms with Crippen LogP contribution in [0.3, 0.4) is 0 Å². The normalized spacial score (nSPS) is 17.1. The summed E-state index contributed by atoms with van der Waals surface area (Å²) in [4.78, 5) is 14.8. The molecule has 0 aromatic heterocycles. The summed E-state index contributed by atoms with van der Waals surface area (Å²) in [6.07, 6.45) is -3.78. The van der Waals surface area contributed by atoms with Gasteiger partial charge in [-0.25, -0.2) is 0 Å². The summed E-state index contributed by atoms with van der Waals surface area (Å²) in [6.45, 7) is 4.00. The number of halogens is 4. The van der Waals surface area contributed by atoms with E-state index in [1.807, 2.05) is 26.0 Å². The number of methoxy groups -OCH3 is 1. The first-order chi connectivity index (χ1) is 20.4. The van der Waals surface area contributed by atoms with Gasteiger partial charge < -0.3 is 15.2 Å². The molecule has 43 heavy (non-hydrogen) atoms. The van der Waals surface area contributed by atoms with Gasteiger partial charge in [0.2, 0.25) is 0 Å². The van der Waals surface area contributed by atoms with Crippen LogP contribution in [0.1, 0.15) is 53.0 Å². The van der Waals surface area contributed by atoms with Gasteiger partial charge in [-0.1, -0.05) is 29.3 Å². The molecule has 0 saturated carbocycles. The maximum atomic E-state index is 14.2. The Hall–Kier alpha value is -4.42. The molecule has 0 saturated heterocycles. The number of carbonyl (C=O) groups is 1. The van der Waals surface area contributed by atoms with E-state index in [-0.39, 0.29) is 46.5 Å². The molecule has 0 radical (unpaired) electrons. The molecule has 10 heteroatoms. The van der Waals surface area contributed by atoms with E-state index in [0.29, 0.717) is 35.6 Å². The Bertz CT molecular complexity index is 1710. The largest absolute Gasteiger partial charge is 0.497 e. The Morgan fingerprint density at radius 3 is 2.42 bits per heavy atom. The van der Waals surface area contributed by atoms with Gasteiger partial charge in [-0.05, 0) is 85.8 Å². The van der Waals surface area contributed by atoms with E-state index in [4.69, 9.17) is 26.8 Å². The van der Waals surface area contributed by atoms with E-state index in [1.54, 1.807) is 31.4 Å². The van der Waals surface area contributed by atoms with Crippen LogP contribution in [0.4, 0.5) is 18.9 Å². The van der Waals surface area contributed by atoms with Crippen LogP contribution in [0.25, 0.3) is 0 Å². The maximum Gasteiger partial charge on any atom is 0.418 e. The highest BCUT2D eigenvalue weighted by molar-refractivity contribution is 6.30. The second-order valence-electron chi connectivity index (χ2n) is 10.6. The van der Waals surface area contributed by atoms with Crippen molar-refractivity contribution in [2.75, 3.05) is 12.0 Å². The fourth-order valence-electron chi connectivity index (χ4n) is 5.85. The molecule has 5 rings (SSSR count). The lowest BCUT2D eigenvalue weighted by molar-refractivity contribution is -0.137. The Balaban J connectivity index is 1.65. The molecular weight excluding hydrogens is 579 g/mol. The molecule has 2 N–H and O–H groups in total. The summed E-state index contributed by atoms with van der Waals surface area (Å²) in [7, 11) is 1.58. The molecule has 3 aromatic rings. The van der Waals surface area contributed by atoms with Crippen molar-refractivity contribution in [2.45, 2.75) is 51.8 Å². The number of carbonyl (C=O) groups excluding carboxylic acids is 1. The Morgan fingerprint density at radius 2 is 1.77 bits per heavy atom. The summed E-state index contributed by atoms with van der Waals surface area (Å²) in [5.74, 6) is 0.115. The fourth-order valence-corrected chi connectivity index (χ4v) is 6.02. The molecule has 0 bridgehead atoms. The van der Waals surface area contributed by atoms with Gasteiger partial charge in [-0.15, -0.1) is 0 Å². The summed E-state index contributed by atoms with van der Waals surface area (Å²) in [5.41, 5.74) is 9.14. The number of anilines is 1. The highest BCUT2D eigenvalue weighted by Gasteiger charge is 2.44. The number of rotatable bonds is 6. The van der Waals surface area contributed by atoms with Gasteiger partial charge in [-0.3, -0.25) is 9.69 Å². The standard InChI is InChI=1S/C33H29ClF3N3O3/c1-18-13-20(17-43-23-10-8-22(42-3)9-11-23)19(2)24(14-18)30-25(16-38)32(39)40(28-5-4-6-29(41)31(28)30)27-12-7-21(34)15-26(27)33(35,36)37/h7-15,30H,4-6,17,39H2,1-3H3. The minimum atomic E-state index is -4.75. The quantitative estimate of drug-likeness (QED) is 0.307. The highest BCUT2D eigenvalue weighted by Crippen LogP contribution is 2.49.